The van der Waals surface area contributed by atoms with Gasteiger partial charge in [0.15, 0.2) is 17.3 Å². The van der Waals surface area contributed by atoms with E-state index < -0.39 is 0 Å². The minimum absolute atomic E-state index is 0.0960. The summed E-state index contributed by atoms with van der Waals surface area (Å²) in [6.45, 7) is 11.4. The zero-order valence-electron chi connectivity index (χ0n) is 21.1. The maximum absolute atomic E-state index is 13.4. The van der Waals surface area contributed by atoms with Crippen molar-refractivity contribution in [2.45, 2.75) is 71.5 Å². The molecule has 1 atom stereocenters. The molecule has 1 unspecified atom stereocenters. The molecule has 1 aromatic carbocycles. The Kier molecular flexibility index (Phi) is 7.26. The second-order valence-electron chi connectivity index (χ2n) is 10.3. The van der Waals surface area contributed by atoms with Crippen molar-refractivity contribution >= 4 is 23.5 Å². The summed E-state index contributed by atoms with van der Waals surface area (Å²) in [5, 5.41) is 8.96. The SMILES string of the molecule is CCCSc1nc2n(n1)C(c1ccc(OCCC(C)C)c(OC)c1)C1=C(CC(C)(C)CC1=O)N2. The molecule has 0 saturated heterocycles. The Hall–Kier alpha value is -2.48. The number of hydrogen-bond acceptors (Lipinski definition) is 7. The second-order valence-corrected chi connectivity index (χ2v) is 11.4. The highest BCUT2D eigenvalue weighted by Gasteiger charge is 2.42. The van der Waals surface area contributed by atoms with Gasteiger partial charge in [0, 0.05) is 23.4 Å². The van der Waals surface area contributed by atoms with Crippen LogP contribution in [0.1, 0.15) is 71.9 Å². The van der Waals surface area contributed by atoms with Gasteiger partial charge in [-0.05, 0) is 48.3 Å². The van der Waals surface area contributed by atoms with Gasteiger partial charge in [-0.1, -0.05) is 52.4 Å². The number of allylic oxidation sites excluding steroid dienone is 2. The predicted octanol–water partition coefficient (Wildman–Crippen LogP) is 5.87. The second kappa shape index (κ2) is 10.0. The first-order valence-electron chi connectivity index (χ1n) is 12.2. The third-order valence-corrected chi connectivity index (χ3v) is 7.25. The van der Waals surface area contributed by atoms with E-state index in [0.717, 1.165) is 47.0 Å². The molecule has 1 aliphatic carbocycles. The van der Waals surface area contributed by atoms with Crippen molar-refractivity contribution in [1.82, 2.24) is 14.8 Å². The van der Waals surface area contributed by atoms with Crippen LogP contribution < -0.4 is 14.8 Å². The Morgan fingerprint density at radius 2 is 2.06 bits per heavy atom. The first-order chi connectivity index (χ1) is 16.2. The monoisotopic (exact) mass is 484 g/mol. The highest BCUT2D eigenvalue weighted by atomic mass is 32.2. The van der Waals surface area contributed by atoms with Crippen molar-refractivity contribution in [2.24, 2.45) is 11.3 Å². The molecule has 2 heterocycles. The number of thioether (sulfide) groups is 1. The fraction of sp³-hybridized carbons (Fsp3) is 0.577. The summed E-state index contributed by atoms with van der Waals surface area (Å²) in [5.41, 5.74) is 2.57. The number of nitrogens with zero attached hydrogens (tertiary/aromatic N) is 3. The molecule has 1 N–H and O–H groups in total. The predicted molar refractivity (Wildman–Crippen MR) is 136 cm³/mol. The molecule has 184 valence electrons. The number of nitrogens with one attached hydrogen (secondary N) is 1. The van der Waals surface area contributed by atoms with Gasteiger partial charge in [0.25, 0.3) is 0 Å². The van der Waals surface area contributed by atoms with Gasteiger partial charge in [0.1, 0.15) is 6.04 Å². The number of aromatic nitrogens is 3. The Morgan fingerprint density at radius 3 is 2.76 bits per heavy atom. The van der Waals surface area contributed by atoms with E-state index in [0.29, 0.717) is 36.4 Å². The molecule has 0 amide bonds. The quantitative estimate of drug-likeness (QED) is 0.446. The number of carbonyl (C=O) groups excluding carboxylic acids is 1. The van der Waals surface area contributed by atoms with Crippen molar-refractivity contribution in [2.75, 3.05) is 24.8 Å². The first-order valence-corrected chi connectivity index (χ1v) is 13.1. The number of methoxy groups -OCH3 is 1. The lowest BCUT2D eigenvalue weighted by atomic mass is 9.73. The van der Waals surface area contributed by atoms with E-state index in [1.165, 1.54) is 0 Å². The van der Waals surface area contributed by atoms with Crippen molar-refractivity contribution < 1.29 is 14.3 Å². The fourth-order valence-corrected chi connectivity index (χ4v) is 5.21. The molecule has 2 aliphatic rings. The Labute approximate surface area is 206 Å². The molecule has 8 heteroatoms. The Bertz CT molecular complexity index is 1090. The largest absolute Gasteiger partial charge is 0.493 e. The molecule has 0 spiro atoms. The smallest absolute Gasteiger partial charge is 0.227 e. The third kappa shape index (κ3) is 5.11. The summed E-state index contributed by atoms with van der Waals surface area (Å²) in [6.07, 6.45) is 3.32. The molecule has 0 radical (unpaired) electrons. The van der Waals surface area contributed by atoms with Crippen molar-refractivity contribution in [3.63, 3.8) is 0 Å². The summed E-state index contributed by atoms with van der Waals surface area (Å²) in [4.78, 5) is 18.2. The average Bonchev–Trinajstić information content (AvgIpc) is 3.17. The molecular formula is C26H36N4O3S. The van der Waals surface area contributed by atoms with Crippen LogP contribution in [-0.4, -0.2) is 40.0 Å². The van der Waals surface area contributed by atoms with Gasteiger partial charge in [-0.3, -0.25) is 4.79 Å². The van der Waals surface area contributed by atoms with Gasteiger partial charge < -0.3 is 14.8 Å². The summed E-state index contributed by atoms with van der Waals surface area (Å²) >= 11 is 1.64. The lowest BCUT2D eigenvalue weighted by molar-refractivity contribution is -0.118. The van der Waals surface area contributed by atoms with Crippen LogP contribution in [0, 0.1) is 11.3 Å². The minimum Gasteiger partial charge on any atom is -0.493 e. The van der Waals surface area contributed by atoms with E-state index in [9.17, 15) is 4.79 Å². The van der Waals surface area contributed by atoms with Crippen LogP contribution >= 0.6 is 11.8 Å². The van der Waals surface area contributed by atoms with Gasteiger partial charge in [-0.25, -0.2) is 4.68 Å². The van der Waals surface area contributed by atoms with Crippen LogP contribution in [-0.2, 0) is 4.79 Å². The Balaban J connectivity index is 1.75. The van der Waals surface area contributed by atoms with Crippen LogP contribution in [0.25, 0.3) is 0 Å². The van der Waals surface area contributed by atoms with E-state index in [1.54, 1.807) is 18.9 Å². The van der Waals surface area contributed by atoms with E-state index in [2.05, 4.69) is 39.9 Å². The maximum Gasteiger partial charge on any atom is 0.227 e. The first kappa shape index (κ1) is 24.6. The number of ketones is 1. The number of rotatable bonds is 9. The van der Waals surface area contributed by atoms with E-state index in [1.807, 2.05) is 22.9 Å². The van der Waals surface area contributed by atoms with Crippen LogP contribution in [0.5, 0.6) is 11.5 Å². The summed E-state index contributed by atoms with van der Waals surface area (Å²) in [7, 11) is 1.65. The number of hydrogen-bond donors (Lipinski definition) is 1. The molecule has 0 saturated carbocycles. The van der Waals surface area contributed by atoms with Gasteiger partial charge in [0.05, 0.1) is 13.7 Å². The van der Waals surface area contributed by atoms with Crippen LogP contribution in [0.3, 0.4) is 0 Å². The molecule has 34 heavy (non-hydrogen) atoms. The molecule has 0 bridgehead atoms. The van der Waals surface area contributed by atoms with Gasteiger partial charge in [-0.15, -0.1) is 5.10 Å². The van der Waals surface area contributed by atoms with Crippen LogP contribution in [0.4, 0.5) is 5.95 Å². The Morgan fingerprint density at radius 1 is 1.26 bits per heavy atom. The number of Topliss-reactive ketones (excluding diaryl/α,β-unsaturated/α-hetero) is 1. The summed E-state index contributed by atoms with van der Waals surface area (Å²) in [5.74, 6) is 3.73. The van der Waals surface area contributed by atoms with Crippen LogP contribution in [0.2, 0.25) is 0 Å². The summed E-state index contributed by atoms with van der Waals surface area (Å²) in [6, 6.07) is 5.59. The van der Waals surface area contributed by atoms with Crippen molar-refractivity contribution in [3.8, 4) is 11.5 Å². The average molecular weight is 485 g/mol. The summed E-state index contributed by atoms with van der Waals surface area (Å²) < 4.78 is 13.5. The number of benzene rings is 1. The standard InChI is InChI=1S/C26H36N4O3S/c1-7-12-34-25-28-24-27-18-14-26(4,5)15-19(31)22(18)23(30(24)29-25)17-8-9-20(21(13-17)32-6)33-11-10-16(2)3/h8-9,13,16,23H,7,10-12,14-15H2,1-6H3,(H,27,28,29). The third-order valence-electron chi connectivity index (χ3n) is 6.20. The van der Waals surface area contributed by atoms with Crippen molar-refractivity contribution in [1.29, 1.82) is 0 Å². The van der Waals surface area contributed by atoms with E-state index in [4.69, 9.17) is 19.6 Å². The normalized spacial score (nSPS) is 19.0. The maximum atomic E-state index is 13.4. The molecule has 1 aliphatic heterocycles. The number of ether oxygens (including phenoxy) is 2. The van der Waals surface area contributed by atoms with Gasteiger partial charge in [0.2, 0.25) is 11.1 Å². The zero-order chi connectivity index (χ0) is 24.5. The highest BCUT2D eigenvalue weighted by molar-refractivity contribution is 7.99. The molecular weight excluding hydrogens is 448 g/mol. The van der Waals surface area contributed by atoms with Gasteiger partial charge in [-0.2, -0.15) is 4.98 Å². The van der Waals surface area contributed by atoms with Crippen LogP contribution in [0.15, 0.2) is 34.6 Å². The lowest BCUT2D eigenvalue weighted by Crippen LogP contribution is -2.36. The fourth-order valence-electron chi connectivity index (χ4n) is 4.53. The molecule has 2 aromatic rings. The van der Waals surface area contributed by atoms with E-state index >= 15 is 0 Å². The number of carbonyl (C=O) groups is 1. The number of anilines is 1. The molecule has 0 fully saturated rings. The van der Waals surface area contributed by atoms with E-state index in [-0.39, 0.29) is 17.2 Å². The van der Waals surface area contributed by atoms with Crippen molar-refractivity contribution in [3.05, 3.63) is 35.0 Å². The van der Waals surface area contributed by atoms with Gasteiger partial charge >= 0.3 is 0 Å². The highest BCUT2D eigenvalue weighted by Crippen LogP contribution is 2.46. The minimum atomic E-state index is -0.350. The topological polar surface area (TPSA) is 78.3 Å². The molecule has 4 rings (SSSR count). The molecule has 7 nitrogen and oxygen atoms in total. The zero-order valence-corrected chi connectivity index (χ0v) is 21.9. The number of fused-ring (bicyclic) bond motifs is 1. The lowest BCUT2D eigenvalue weighted by Gasteiger charge is -2.38. The molecule has 1 aromatic heterocycles.